The number of hydrogen-bond acceptors (Lipinski definition) is 4. The van der Waals surface area contributed by atoms with Gasteiger partial charge < -0.3 is 11.1 Å². The maximum atomic E-state index is 11.5. The molecule has 1 aromatic heterocycles. The van der Waals surface area contributed by atoms with Crippen LogP contribution >= 0.6 is 11.3 Å². The van der Waals surface area contributed by atoms with E-state index in [1.54, 1.807) is 25.2 Å². The van der Waals surface area contributed by atoms with Crippen molar-refractivity contribution in [1.82, 2.24) is 10.3 Å². The van der Waals surface area contributed by atoms with Gasteiger partial charge in [-0.3, -0.25) is 4.79 Å². The number of amides is 1. The maximum absolute atomic E-state index is 11.5. The van der Waals surface area contributed by atoms with Crippen molar-refractivity contribution < 1.29 is 4.79 Å². The molecule has 1 amide bonds. The Kier molecular flexibility index (Phi) is 4.04. The number of nitrogens with two attached hydrogens (primary N) is 1. The van der Waals surface area contributed by atoms with E-state index in [1.165, 1.54) is 4.88 Å². The lowest BCUT2D eigenvalue weighted by Gasteiger charge is -2.17. The van der Waals surface area contributed by atoms with Gasteiger partial charge in [-0.25, -0.2) is 4.98 Å². The average Bonchev–Trinajstić information content (AvgIpc) is 2.43. The van der Waals surface area contributed by atoms with E-state index in [2.05, 4.69) is 10.3 Å². The molecule has 1 heterocycles. The second-order valence-electron chi connectivity index (χ2n) is 4.47. The zero-order chi connectivity index (χ0) is 12.3. The van der Waals surface area contributed by atoms with Crippen LogP contribution in [0.1, 0.15) is 29.4 Å². The molecular weight excluding hydrogens is 222 g/mol. The first-order valence-electron chi connectivity index (χ1n) is 5.31. The molecule has 0 aliphatic heterocycles. The molecule has 3 N–H and O–H groups in total. The van der Waals surface area contributed by atoms with Crippen LogP contribution in [0, 0.1) is 13.8 Å². The Morgan fingerprint density at radius 3 is 2.56 bits per heavy atom. The quantitative estimate of drug-likeness (QED) is 0.831. The van der Waals surface area contributed by atoms with Gasteiger partial charge in [-0.15, -0.1) is 11.3 Å². The summed E-state index contributed by atoms with van der Waals surface area (Å²) in [6.45, 7) is 7.99. The summed E-state index contributed by atoms with van der Waals surface area (Å²) in [6.07, 6.45) is 0.819. The molecule has 5 heteroatoms. The van der Waals surface area contributed by atoms with Gasteiger partial charge in [-0.05, 0) is 27.7 Å². The summed E-state index contributed by atoms with van der Waals surface area (Å²) >= 11 is 1.68. The fourth-order valence-electron chi connectivity index (χ4n) is 1.32. The summed E-state index contributed by atoms with van der Waals surface area (Å²) in [7, 11) is 0. The molecule has 0 saturated heterocycles. The fraction of sp³-hybridized carbons (Fsp3) is 0.636. The molecule has 16 heavy (non-hydrogen) atoms. The molecular formula is C11H19N3OS. The lowest BCUT2D eigenvalue weighted by atomic mass is 10.1. The molecule has 1 aromatic rings. The van der Waals surface area contributed by atoms with Crippen molar-refractivity contribution in [2.75, 3.05) is 6.54 Å². The normalized spacial score (nSPS) is 11.6. The first-order valence-corrected chi connectivity index (χ1v) is 6.12. The maximum Gasteiger partial charge on any atom is 0.239 e. The molecule has 0 aliphatic rings. The smallest absolute Gasteiger partial charge is 0.239 e. The Morgan fingerprint density at radius 1 is 1.50 bits per heavy atom. The molecule has 0 bridgehead atoms. The van der Waals surface area contributed by atoms with E-state index in [9.17, 15) is 4.79 Å². The van der Waals surface area contributed by atoms with Gasteiger partial charge in [0.1, 0.15) is 0 Å². The Labute approximate surface area is 100 Å². The van der Waals surface area contributed by atoms with Crippen molar-refractivity contribution in [3.63, 3.8) is 0 Å². The van der Waals surface area contributed by atoms with Gasteiger partial charge in [0, 0.05) is 17.8 Å². The summed E-state index contributed by atoms with van der Waals surface area (Å²) < 4.78 is 0. The number of thiazole rings is 1. The summed E-state index contributed by atoms with van der Waals surface area (Å²) in [6, 6.07) is 0. The van der Waals surface area contributed by atoms with Gasteiger partial charge in [-0.2, -0.15) is 0 Å². The van der Waals surface area contributed by atoms with Crippen LogP contribution in [0.3, 0.4) is 0 Å². The Morgan fingerprint density at radius 2 is 2.12 bits per heavy atom. The van der Waals surface area contributed by atoms with Gasteiger partial charge in [0.2, 0.25) is 5.91 Å². The second-order valence-corrected chi connectivity index (χ2v) is 5.76. The van der Waals surface area contributed by atoms with Crippen LogP contribution in [0.5, 0.6) is 0 Å². The topological polar surface area (TPSA) is 68.0 Å². The van der Waals surface area contributed by atoms with Crippen LogP contribution in [0.4, 0.5) is 0 Å². The van der Waals surface area contributed by atoms with Gasteiger partial charge in [0.25, 0.3) is 0 Å². The van der Waals surface area contributed by atoms with Crippen molar-refractivity contribution in [2.45, 2.75) is 39.7 Å². The molecule has 1 rings (SSSR count). The highest BCUT2D eigenvalue weighted by Crippen LogP contribution is 2.17. The third-order valence-electron chi connectivity index (χ3n) is 2.22. The largest absolute Gasteiger partial charge is 0.354 e. The average molecular weight is 241 g/mol. The van der Waals surface area contributed by atoms with E-state index < -0.39 is 5.54 Å². The van der Waals surface area contributed by atoms with Gasteiger partial charge in [-0.1, -0.05) is 0 Å². The number of aryl methyl sites for hydroxylation is 2. The minimum atomic E-state index is -0.807. The van der Waals surface area contributed by atoms with Crippen LogP contribution in [0.15, 0.2) is 0 Å². The standard InChI is InChI=1S/C11H19N3OS/c1-7-9(16-8(2)14-7)5-6-13-10(15)11(3,4)12/h5-6,12H2,1-4H3,(H,13,15). The number of aromatic nitrogens is 1. The Bertz CT molecular complexity index is 379. The van der Waals surface area contributed by atoms with Crippen molar-refractivity contribution in [2.24, 2.45) is 5.73 Å². The van der Waals surface area contributed by atoms with Crippen LogP contribution in [-0.4, -0.2) is 23.0 Å². The van der Waals surface area contributed by atoms with Crippen LogP contribution in [0.2, 0.25) is 0 Å². The second kappa shape index (κ2) is 4.93. The van der Waals surface area contributed by atoms with Gasteiger partial charge >= 0.3 is 0 Å². The monoisotopic (exact) mass is 241 g/mol. The Balaban J connectivity index is 2.42. The van der Waals surface area contributed by atoms with Gasteiger partial charge in [0.05, 0.1) is 16.2 Å². The number of carbonyl (C=O) groups is 1. The van der Waals surface area contributed by atoms with E-state index >= 15 is 0 Å². The number of nitrogens with zero attached hydrogens (tertiary/aromatic N) is 1. The molecule has 0 fully saturated rings. The van der Waals surface area contributed by atoms with E-state index in [1.807, 2.05) is 13.8 Å². The van der Waals surface area contributed by atoms with E-state index in [4.69, 9.17) is 5.73 Å². The van der Waals surface area contributed by atoms with Crippen LogP contribution in [0.25, 0.3) is 0 Å². The summed E-state index contributed by atoms with van der Waals surface area (Å²) in [5, 5.41) is 3.89. The minimum Gasteiger partial charge on any atom is -0.354 e. The summed E-state index contributed by atoms with van der Waals surface area (Å²) in [5.74, 6) is -0.119. The molecule has 4 nitrogen and oxygen atoms in total. The highest BCUT2D eigenvalue weighted by atomic mass is 32.1. The molecule has 90 valence electrons. The predicted octanol–water partition coefficient (Wildman–Crippen LogP) is 1.16. The van der Waals surface area contributed by atoms with Crippen molar-refractivity contribution >= 4 is 17.2 Å². The first kappa shape index (κ1) is 13.1. The highest BCUT2D eigenvalue weighted by Gasteiger charge is 2.21. The molecule has 0 spiro atoms. The molecule has 0 atom stereocenters. The van der Waals surface area contributed by atoms with E-state index in [-0.39, 0.29) is 5.91 Å². The molecule has 0 radical (unpaired) electrons. The van der Waals surface area contributed by atoms with Crippen LogP contribution < -0.4 is 11.1 Å². The third kappa shape index (κ3) is 3.57. The zero-order valence-corrected chi connectivity index (χ0v) is 11.1. The Hall–Kier alpha value is -0.940. The summed E-state index contributed by atoms with van der Waals surface area (Å²) in [5.41, 5.74) is 5.92. The number of carbonyl (C=O) groups excluding carboxylic acids is 1. The lowest BCUT2D eigenvalue weighted by Crippen LogP contribution is -2.49. The SMILES string of the molecule is Cc1nc(C)c(CCNC(=O)C(C)(C)N)s1. The zero-order valence-electron chi connectivity index (χ0n) is 10.3. The van der Waals surface area contributed by atoms with Crippen LogP contribution in [-0.2, 0) is 11.2 Å². The van der Waals surface area contributed by atoms with Crippen molar-refractivity contribution in [3.05, 3.63) is 15.6 Å². The van der Waals surface area contributed by atoms with E-state index in [0.717, 1.165) is 17.1 Å². The van der Waals surface area contributed by atoms with E-state index in [0.29, 0.717) is 6.54 Å². The van der Waals surface area contributed by atoms with Crippen molar-refractivity contribution in [1.29, 1.82) is 0 Å². The molecule has 0 aliphatic carbocycles. The number of rotatable bonds is 4. The first-order chi connectivity index (χ1) is 7.30. The minimum absolute atomic E-state index is 0.119. The number of nitrogens with one attached hydrogen (secondary N) is 1. The van der Waals surface area contributed by atoms with Crippen molar-refractivity contribution in [3.8, 4) is 0 Å². The molecule has 0 aromatic carbocycles. The summed E-state index contributed by atoms with van der Waals surface area (Å²) in [4.78, 5) is 17.1. The predicted molar refractivity (Wildman–Crippen MR) is 66.6 cm³/mol. The van der Waals surface area contributed by atoms with Gasteiger partial charge in [0.15, 0.2) is 0 Å². The third-order valence-corrected chi connectivity index (χ3v) is 3.36. The fourth-order valence-corrected chi connectivity index (χ4v) is 2.26. The molecule has 0 unspecified atom stereocenters. The highest BCUT2D eigenvalue weighted by molar-refractivity contribution is 7.11. The lowest BCUT2D eigenvalue weighted by molar-refractivity contribution is -0.125. The molecule has 0 saturated carbocycles. The number of hydrogen-bond donors (Lipinski definition) is 2.